The van der Waals surface area contributed by atoms with E-state index in [1.54, 1.807) is 39.5 Å². The Bertz CT molecular complexity index is 1700. The summed E-state index contributed by atoms with van der Waals surface area (Å²) < 4.78 is 13.9. The molecule has 2 heterocycles. The van der Waals surface area contributed by atoms with Gasteiger partial charge >= 0.3 is 11.9 Å². The number of aromatic nitrogens is 3. The summed E-state index contributed by atoms with van der Waals surface area (Å²) in [5.41, 5.74) is 5.40. The van der Waals surface area contributed by atoms with E-state index >= 15 is 0 Å². The number of carbonyl (C=O) groups excluding carboxylic acids is 5. The third kappa shape index (κ3) is 9.07. The Hall–Kier alpha value is -4.57. The van der Waals surface area contributed by atoms with Crippen molar-refractivity contribution in [1.29, 1.82) is 0 Å². The number of amides is 2. The summed E-state index contributed by atoms with van der Waals surface area (Å²) in [6.45, 7) is 4.43. The van der Waals surface area contributed by atoms with Gasteiger partial charge in [-0.05, 0) is 44.4 Å². The molecule has 3 rings (SSSR count). The van der Waals surface area contributed by atoms with Crippen molar-refractivity contribution in [2.45, 2.75) is 51.7 Å². The highest BCUT2D eigenvalue weighted by molar-refractivity contribution is 8.23. The third-order valence-corrected chi connectivity index (χ3v) is 9.04. The van der Waals surface area contributed by atoms with Crippen molar-refractivity contribution < 1.29 is 43.3 Å². The molecular formula is C32H39N5O9S2. The lowest BCUT2D eigenvalue weighted by atomic mass is 9.90. The molecule has 0 saturated carbocycles. The number of thiocarbonyl (C=S) groups is 1. The van der Waals surface area contributed by atoms with Gasteiger partial charge in [-0.15, -0.1) is 0 Å². The van der Waals surface area contributed by atoms with Crippen molar-refractivity contribution in [3.05, 3.63) is 47.9 Å². The quantitative estimate of drug-likeness (QED) is 0.0729. The number of nitrogens with two attached hydrogens (primary N) is 1. The number of carbonyl (C=O) groups is 6. The van der Waals surface area contributed by atoms with E-state index in [0.717, 1.165) is 18.2 Å². The summed E-state index contributed by atoms with van der Waals surface area (Å²) in [6, 6.07) is 6.13. The lowest BCUT2D eigenvalue weighted by Gasteiger charge is -2.26. The number of primary amides is 1. The average molecular weight is 702 g/mol. The molecule has 1 aromatic carbocycles. The highest BCUT2D eigenvalue weighted by atomic mass is 32.2. The van der Waals surface area contributed by atoms with Crippen molar-refractivity contribution in [1.82, 2.24) is 19.2 Å². The van der Waals surface area contributed by atoms with E-state index in [1.165, 1.54) is 39.3 Å². The predicted octanol–water partition coefficient (Wildman–Crippen LogP) is 3.32. The van der Waals surface area contributed by atoms with Crippen LogP contribution < -0.4 is 10.5 Å². The molecule has 48 heavy (non-hydrogen) atoms. The number of ketones is 1. The SMILES string of the molecule is CCCCOC(=O)C(CC(C)C(=O)n1c(C)c(C(=O)C(N)=O)c2c(OCC(=O)O)cccc21)CC(SC(=S)n1cccn1)C(=O)N(C)C. The number of hydrogen-bond acceptors (Lipinski definition) is 11. The topological polar surface area (TPSA) is 193 Å². The number of thioether (sulfide) groups is 1. The zero-order valence-electron chi connectivity index (χ0n) is 27.3. The van der Waals surface area contributed by atoms with Gasteiger partial charge in [-0.25, -0.2) is 9.48 Å². The minimum atomic E-state index is -1.28. The number of esters is 1. The number of aliphatic carboxylic acids is 1. The molecule has 0 bridgehead atoms. The minimum Gasteiger partial charge on any atom is -0.481 e. The van der Waals surface area contributed by atoms with Gasteiger partial charge in [-0.2, -0.15) is 5.10 Å². The first-order chi connectivity index (χ1) is 22.7. The Balaban J connectivity index is 2.04. The molecular weight excluding hydrogens is 663 g/mol. The molecule has 3 N–H and O–H groups in total. The second-order valence-electron chi connectivity index (χ2n) is 11.3. The monoisotopic (exact) mass is 701 g/mol. The van der Waals surface area contributed by atoms with Crippen molar-refractivity contribution in [3.63, 3.8) is 0 Å². The van der Waals surface area contributed by atoms with Crippen molar-refractivity contribution >= 4 is 74.6 Å². The smallest absolute Gasteiger partial charge is 0.341 e. The lowest BCUT2D eigenvalue weighted by Crippen LogP contribution is -2.37. The number of ether oxygens (including phenoxy) is 2. The van der Waals surface area contributed by atoms with Crippen LogP contribution in [-0.2, 0) is 23.9 Å². The summed E-state index contributed by atoms with van der Waals surface area (Å²) in [5.74, 6) is -6.86. The summed E-state index contributed by atoms with van der Waals surface area (Å²) in [6.07, 6.45) is 4.56. The molecule has 0 radical (unpaired) electrons. The van der Waals surface area contributed by atoms with Crippen LogP contribution in [0.5, 0.6) is 5.75 Å². The standard InChI is InChI=1S/C32H39N5O9S2/c1-6-7-14-45-31(44)20(16-23(30(43)35(4)5)48-32(47)36-13-9-12-34-36)15-18(2)29(42)37-19(3)25(27(40)28(33)41)26-21(37)10-8-11-22(26)46-17-24(38)39/h8-13,18,20,23H,6-7,14-17H2,1-5H3,(H2,33,41)(H,38,39). The van der Waals surface area contributed by atoms with Crippen LogP contribution in [0.4, 0.5) is 0 Å². The number of nitrogens with zero attached hydrogens (tertiary/aromatic N) is 4. The molecule has 3 unspecified atom stereocenters. The van der Waals surface area contributed by atoms with Gasteiger partial charge in [0.15, 0.2) is 10.9 Å². The van der Waals surface area contributed by atoms with Gasteiger partial charge in [0, 0.05) is 38.1 Å². The number of fused-ring (bicyclic) bond motifs is 1. The molecule has 0 fully saturated rings. The van der Waals surface area contributed by atoms with E-state index in [2.05, 4.69) is 5.10 Å². The van der Waals surface area contributed by atoms with Gasteiger partial charge in [-0.1, -0.05) is 50.3 Å². The van der Waals surface area contributed by atoms with E-state index in [1.807, 2.05) is 6.92 Å². The molecule has 14 nitrogen and oxygen atoms in total. The lowest BCUT2D eigenvalue weighted by molar-refractivity contribution is -0.149. The number of unbranched alkanes of at least 4 members (excludes halogenated alkanes) is 1. The highest BCUT2D eigenvalue weighted by Crippen LogP contribution is 2.36. The second-order valence-corrected chi connectivity index (χ2v) is 13.1. The van der Waals surface area contributed by atoms with Crippen LogP contribution in [0.2, 0.25) is 0 Å². The van der Waals surface area contributed by atoms with E-state index in [4.69, 9.17) is 32.5 Å². The van der Waals surface area contributed by atoms with Gasteiger partial charge in [0.1, 0.15) is 5.75 Å². The number of rotatable bonds is 16. The second kappa shape index (κ2) is 17.0. The van der Waals surface area contributed by atoms with Crippen molar-refractivity contribution in [2.75, 3.05) is 27.3 Å². The molecule has 0 aliphatic rings. The molecule has 0 aliphatic carbocycles. The zero-order chi connectivity index (χ0) is 35.7. The Morgan fingerprint density at radius 1 is 1.12 bits per heavy atom. The predicted molar refractivity (Wildman–Crippen MR) is 182 cm³/mol. The van der Waals surface area contributed by atoms with E-state index in [-0.39, 0.29) is 53.3 Å². The highest BCUT2D eigenvalue weighted by Gasteiger charge is 2.35. The molecule has 0 spiro atoms. The van der Waals surface area contributed by atoms with Crippen LogP contribution in [0.15, 0.2) is 36.7 Å². The first kappa shape index (κ1) is 37.9. The number of hydrogen-bond donors (Lipinski definition) is 2. The molecule has 3 aromatic rings. The number of benzene rings is 1. The first-order valence-electron chi connectivity index (χ1n) is 15.1. The van der Waals surface area contributed by atoms with Gasteiger partial charge in [0.25, 0.3) is 11.7 Å². The maximum atomic E-state index is 14.2. The Kier molecular flexibility index (Phi) is 13.4. The van der Waals surface area contributed by atoms with Gasteiger partial charge in [0.2, 0.25) is 11.8 Å². The van der Waals surface area contributed by atoms with Crippen LogP contribution in [-0.4, -0.2) is 96.7 Å². The fraction of sp³-hybridized carbons (Fsp3) is 0.438. The zero-order valence-corrected chi connectivity index (χ0v) is 29.0. The molecule has 3 atom stereocenters. The van der Waals surface area contributed by atoms with Crippen LogP contribution >= 0.6 is 24.0 Å². The Morgan fingerprint density at radius 2 is 1.83 bits per heavy atom. The van der Waals surface area contributed by atoms with Crippen molar-refractivity contribution in [2.24, 2.45) is 17.6 Å². The molecule has 16 heteroatoms. The minimum absolute atomic E-state index is 0.00430. The summed E-state index contributed by atoms with van der Waals surface area (Å²) in [5, 5.41) is 12.5. The summed E-state index contributed by atoms with van der Waals surface area (Å²) in [4.78, 5) is 78.6. The van der Waals surface area contributed by atoms with Gasteiger partial charge in [-0.3, -0.25) is 28.5 Å². The Labute approximate surface area is 286 Å². The van der Waals surface area contributed by atoms with Crippen LogP contribution in [0.1, 0.15) is 60.4 Å². The summed E-state index contributed by atoms with van der Waals surface area (Å²) in [7, 11) is 3.18. The van der Waals surface area contributed by atoms with Crippen LogP contribution in [0.3, 0.4) is 0 Å². The molecule has 0 saturated heterocycles. The number of carboxylic acids is 1. The Morgan fingerprint density at radius 3 is 2.42 bits per heavy atom. The van der Waals surface area contributed by atoms with Gasteiger partial charge < -0.3 is 25.2 Å². The maximum absolute atomic E-state index is 14.2. The van der Waals surface area contributed by atoms with E-state index in [0.29, 0.717) is 10.7 Å². The third-order valence-electron chi connectivity index (χ3n) is 7.50. The molecule has 2 aromatic heterocycles. The van der Waals surface area contributed by atoms with E-state index in [9.17, 15) is 28.8 Å². The normalized spacial score (nSPS) is 12.9. The maximum Gasteiger partial charge on any atom is 0.341 e. The molecule has 258 valence electrons. The van der Waals surface area contributed by atoms with E-state index < -0.39 is 53.2 Å². The van der Waals surface area contributed by atoms with Crippen molar-refractivity contribution in [3.8, 4) is 5.75 Å². The largest absolute Gasteiger partial charge is 0.481 e. The number of carboxylic acid groups (broad SMARTS) is 1. The fourth-order valence-corrected chi connectivity index (χ4v) is 6.70. The molecule has 0 aliphatic heterocycles. The first-order valence-corrected chi connectivity index (χ1v) is 16.4. The molecule has 2 amide bonds. The fourth-order valence-electron chi connectivity index (χ4n) is 5.15. The summed E-state index contributed by atoms with van der Waals surface area (Å²) >= 11 is 6.59. The van der Waals surface area contributed by atoms with Gasteiger partial charge in [0.05, 0.1) is 34.2 Å². The average Bonchev–Trinajstić information content (AvgIpc) is 3.68. The van der Waals surface area contributed by atoms with Crippen LogP contribution in [0, 0.1) is 18.8 Å². The number of Topliss-reactive ketones (excluding diaryl/α,β-unsaturated/α-hetero) is 1. The van der Waals surface area contributed by atoms with Crippen LogP contribution in [0.25, 0.3) is 10.9 Å².